The second-order valence-corrected chi connectivity index (χ2v) is 6.39. The fourth-order valence-electron chi connectivity index (χ4n) is 1.70. The molecular formula is C11H11ClN4O2S. The van der Waals surface area contributed by atoms with E-state index < -0.39 is 15.1 Å². The molecule has 0 saturated carbocycles. The van der Waals surface area contributed by atoms with E-state index in [9.17, 15) is 8.42 Å². The molecule has 1 aromatic carbocycles. The van der Waals surface area contributed by atoms with E-state index in [0.29, 0.717) is 10.6 Å². The minimum absolute atomic E-state index is 0.101. The fraction of sp³-hybridized carbons (Fsp3) is 0.182. The average Bonchev–Trinajstić information content (AvgIpc) is 2.85. The lowest BCUT2D eigenvalue weighted by Gasteiger charge is -2.13. The van der Waals surface area contributed by atoms with Crippen LogP contribution < -0.4 is 0 Å². The summed E-state index contributed by atoms with van der Waals surface area (Å²) in [6, 6.07) is 6.49. The summed E-state index contributed by atoms with van der Waals surface area (Å²) in [6.07, 6.45) is 1.33. The lowest BCUT2D eigenvalue weighted by atomic mass is 10.1. The topological polar surface area (TPSA) is 88.6 Å². The van der Waals surface area contributed by atoms with Crippen LogP contribution in [0.2, 0.25) is 5.02 Å². The van der Waals surface area contributed by atoms with Gasteiger partial charge in [0.1, 0.15) is 5.25 Å². The summed E-state index contributed by atoms with van der Waals surface area (Å²) in [7, 11) is -3.51. The Hall–Kier alpha value is -1.73. The third-order valence-corrected chi connectivity index (χ3v) is 4.63. The molecule has 1 aromatic heterocycles. The van der Waals surface area contributed by atoms with Gasteiger partial charge in [0.05, 0.1) is 5.75 Å². The van der Waals surface area contributed by atoms with Gasteiger partial charge in [-0.15, -0.1) is 16.8 Å². The first-order valence-electron chi connectivity index (χ1n) is 5.36. The SMILES string of the molecule is C=CCS(=O)(=O)C(c1ccc(Cl)cc1)c1nn[nH]n1. The number of aromatic nitrogens is 4. The number of nitrogens with zero attached hydrogens (tertiary/aromatic N) is 3. The largest absolute Gasteiger partial charge is 0.227 e. The van der Waals surface area contributed by atoms with Crippen molar-refractivity contribution in [2.75, 3.05) is 5.75 Å². The summed E-state index contributed by atoms with van der Waals surface area (Å²) in [6.45, 7) is 3.45. The molecule has 0 saturated heterocycles. The molecule has 0 spiro atoms. The van der Waals surface area contributed by atoms with Gasteiger partial charge in [0.15, 0.2) is 15.7 Å². The minimum atomic E-state index is -3.51. The molecule has 0 radical (unpaired) electrons. The Morgan fingerprint density at radius 1 is 1.37 bits per heavy atom. The molecule has 0 aliphatic carbocycles. The first-order chi connectivity index (χ1) is 9.04. The number of benzene rings is 1. The highest BCUT2D eigenvalue weighted by Crippen LogP contribution is 2.29. The first kappa shape index (κ1) is 13.7. The maximum atomic E-state index is 12.3. The molecule has 1 atom stereocenters. The quantitative estimate of drug-likeness (QED) is 0.846. The lowest BCUT2D eigenvalue weighted by molar-refractivity contribution is 0.589. The molecular weight excluding hydrogens is 288 g/mol. The highest BCUT2D eigenvalue weighted by molar-refractivity contribution is 7.92. The number of sulfone groups is 1. The molecule has 0 amide bonds. The van der Waals surface area contributed by atoms with Crippen molar-refractivity contribution in [1.29, 1.82) is 0 Å². The van der Waals surface area contributed by atoms with Crippen molar-refractivity contribution < 1.29 is 8.42 Å². The zero-order valence-electron chi connectivity index (χ0n) is 9.82. The molecule has 0 aliphatic rings. The van der Waals surface area contributed by atoms with E-state index in [2.05, 4.69) is 27.2 Å². The number of hydrogen-bond donors (Lipinski definition) is 1. The van der Waals surface area contributed by atoms with Crippen LogP contribution in [0.5, 0.6) is 0 Å². The molecule has 0 aliphatic heterocycles. The Morgan fingerprint density at radius 2 is 2.05 bits per heavy atom. The van der Waals surface area contributed by atoms with Crippen LogP contribution in [0.3, 0.4) is 0 Å². The maximum absolute atomic E-state index is 12.3. The molecule has 2 aromatic rings. The van der Waals surface area contributed by atoms with Crippen molar-refractivity contribution in [3.05, 3.63) is 53.3 Å². The summed E-state index contributed by atoms with van der Waals surface area (Å²) >= 11 is 5.80. The number of tetrazole rings is 1. The predicted octanol–water partition coefficient (Wildman–Crippen LogP) is 1.54. The number of rotatable bonds is 5. The number of hydrogen-bond acceptors (Lipinski definition) is 5. The van der Waals surface area contributed by atoms with E-state index in [-0.39, 0.29) is 11.6 Å². The standard InChI is InChI=1S/C11H11ClN4O2S/c1-2-7-19(17,18)10(11-13-15-16-14-11)8-3-5-9(12)6-4-8/h2-6,10H,1,7H2,(H,13,14,15,16). The monoisotopic (exact) mass is 298 g/mol. The third-order valence-electron chi connectivity index (χ3n) is 2.48. The minimum Gasteiger partial charge on any atom is -0.227 e. The molecule has 100 valence electrons. The van der Waals surface area contributed by atoms with Gasteiger partial charge in [-0.3, -0.25) is 0 Å². The zero-order valence-corrected chi connectivity index (χ0v) is 11.4. The number of H-pyrrole nitrogens is 1. The summed E-state index contributed by atoms with van der Waals surface area (Å²) in [4.78, 5) is 0. The molecule has 1 N–H and O–H groups in total. The van der Waals surface area contributed by atoms with Crippen LogP contribution in [-0.4, -0.2) is 34.8 Å². The summed E-state index contributed by atoms with van der Waals surface area (Å²) in [5.41, 5.74) is 0.535. The summed E-state index contributed by atoms with van der Waals surface area (Å²) < 4.78 is 24.6. The van der Waals surface area contributed by atoms with E-state index >= 15 is 0 Å². The highest BCUT2D eigenvalue weighted by atomic mass is 35.5. The molecule has 1 heterocycles. The van der Waals surface area contributed by atoms with Gasteiger partial charge in [0, 0.05) is 5.02 Å². The Bertz CT molecular complexity index is 653. The van der Waals surface area contributed by atoms with Crippen LogP contribution in [0.15, 0.2) is 36.9 Å². The molecule has 19 heavy (non-hydrogen) atoms. The first-order valence-corrected chi connectivity index (χ1v) is 7.45. The van der Waals surface area contributed by atoms with Crippen molar-refractivity contribution in [2.24, 2.45) is 0 Å². The van der Waals surface area contributed by atoms with Crippen molar-refractivity contribution in [3.8, 4) is 0 Å². The molecule has 1 unspecified atom stereocenters. The average molecular weight is 299 g/mol. The molecule has 6 nitrogen and oxygen atoms in total. The fourth-order valence-corrected chi connectivity index (χ4v) is 3.34. The Labute approximate surface area is 115 Å². The molecule has 8 heteroatoms. The summed E-state index contributed by atoms with van der Waals surface area (Å²) in [5.74, 6) is -0.0707. The van der Waals surface area contributed by atoms with Gasteiger partial charge < -0.3 is 0 Å². The number of nitrogens with one attached hydrogen (secondary N) is 1. The van der Waals surface area contributed by atoms with Gasteiger partial charge in [-0.05, 0) is 17.7 Å². The second-order valence-electron chi connectivity index (χ2n) is 3.82. The highest BCUT2D eigenvalue weighted by Gasteiger charge is 2.31. The third kappa shape index (κ3) is 2.99. The van der Waals surface area contributed by atoms with Gasteiger partial charge in [-0.1, -0.05) is 35.0 Å². The van der Waals surface area contributed by atoms with Crippen molar-refractivity contribution in [1.82, 2.24) is 20.6 Å². The van der Waals surface area contributed by atoms with Crippen LogP contribution in [0, 0.1) is 0 Å². The van der Waals surface area contributed by atoms with Crippen LogP contribution >= 0.6 is 11.6 Å². The Balaban J connectivity index is 2.52. The molecule has 2 rings (SSSR count). The van der Waals surface area contributed by atoms with Crippen molar-refractivity contribution in [3.63, 3.8) is 0 Å². The lowest BCUT2D eigenvalue weighted by Crippen LogP contribution is -2.18. The van der Waals surface area contributed by atoms with Gasteiger partial charge in [0.2, 0.25) is 0 Å². The van der Waals surface area contributed by atoms with Gasteiger partial charge in [-0.25, -0.2) is 8.42 Å². The van der Waals surface area contributed by atoms with Crippen molar-refractivity contribution >= 4 is 21.4 Å². The number of halogens is 1. The zero-order chi connectivity index (χ0) is 13.9. The van der Waals surface area contributed by atoms with E-state index in [1.54, 1.807) is 24.3 Å². The Kier molecular flexibility index (Phi) is 3.96. The molecule has 0 bridgehead atoms. The van der Waals surface area contributed by atoms with Crippen molar-refractivity contribution in [2.45, 2.75) is 5.25 Å². The predicted molar refractivity (Wildman–Crippen MR) is 71.5 cm³/mol. The smallest absolute Gasteiger partial charge is 0.197 e. The van der Waals surface area contributed by atoms with E-state index in [1.807, 2.05) is 0 Å². The van der Waals surface area contributed by atoms with E-state index in [1.165, 1.54) is 6.08 Å². The number of aromatic amines is 1. The Morgan fingerprint density at radius 3 is 2.58 bits per heavy atom. The van der Waals surface area contributed by atoms with Gasteiger partial charge in [-0.2, -0.15) is 5.21 Å². The van der Waals surface area contributed by atoms with E-state index in [0.717, 1.165) is 0 Å². The normalized spacial score (nSPS) is 13.1. The maximum Gasteiger partial charge on any atom is 0.197 e. The second kappa shape index (κ2) is 5.50. The van der Waals surface area contributed by atoms with Gasteiger partial charge >= 0.3 is 0 Å². The summed E-state index contributed by atoms with van der Waals surface area (Å²) in [5, 5.41) is 12.7. The molecule has 0 fully saturated rings. The van der Waals surface area contributed by atoms with Crippen LogP contribution in [0.4, 0.5) is 0 Å². The van der Waals surface area contributed by atoms with Crippen LogP contribution in [0.25, 0.3) is 0 Å². The van der Waals surface area contributed by atoms with E-state index in [4.69, 9.17) is 11.6 Å². The van der Waals surface area contributed by atoms with Crippen LogP contribution in [0.1, 0.15) is 16.6 Å². The van der Waals surface area contributed by atoms with Gasteiger partial charge in [0.25, 0.3) is 0 Å². The van der Waals surface area contributed by atoms with Crippen LogP contribution in [-0.2, 0) is 9.84 Å².